The van der Waals surface area contributed by atoms with Crippen LogP contribution in [0, 0.1) is 0 Å². The van der Waals surface area contributed by atoms with Crippen LogP contribution in [0.3, 0.4) is 0 Å². The van der Waals surface area contributed by atoms with Crippen molar-refractivity contribution in [1.82, 2.24) is 20.2 Å². The van der Waals surface area contributed by atoms with Gasteiger partial charge in [-0.3, -0.25) is 4.79 Å². The van der Waals surface area contributed by atoms with Gasteiger partial charge < -0.3 is 15.5 Å². The zero-order valence-corrected chi connectivity index (χ0v) is 14.3. The highest BCUT2D eigenvalue weighted by molar-refractivity contribution is 6.39. The van der Waals surface area contributed by atoms with Gasteiger partial charge in [0, 0.05) is 13.1 Å². The standard InChI is InChI=1S/C15H17Cl2N5O/c1-22(2)7-6-18-15(23)12-8-20-13(9-19-12)21-14-10(16)4-3-5-11(14)17/h3-5,8-9H,6-7H2,1-2H3,(H,18,23)(H,20,21). The maximum absolute atomic E-state index is 11.9. The van der Waals surface area contributed by atoms with Crippen molar-refractivity contribution >= 4 is 40.6 Å². The minimum absolute atomic E-state index is 0.250. The Morgan fingerprint density at radius 3 is 2.43 bits per heavy atom. The van der Waals surface area contributed by atoms with Crippen molar-refractivity contribution in [3.63, 3.8) is 0 Å². The number of carbonyl (C=O) groups is 1. The summed E-state index contributed by atoms with van der Waals surface area (Å²) < 4.78 is 0. The van der Waals surface area contributed by atoms with Crippen molar-refractivity contribution in [2.45, 2.75) is 0 Å². The van der Waals surface area contributed by atoms with Crippen LogP contribution < -0.4 is 10.6 Å². The Kier molecular flexibility index (Phi) is 6.15. The van der Waals surface area contributed by atoms with Crippen LogP contribution in [0.4, 0.5) is 11.5 Å². The third-order valence-corrected chi connectivity index (χ3v) is 3.57. The molecule has 0 atom stereocenters. The lowest BCUT2D eigenvalue weighted by atomic mass is 10.3. The summed E-state index contributed by atoms with van der Waals surface area (Å²) >= 11 is 12.2. The van der Waals surface area contributed by atoms with E-state index in [-0.39, 0.29) is 11.6 Å². The first-order chi connectivity index (χ1) is 11.0. The number of benzene rings is 1. The normalized spacial score (nSPS) is 10.7. The Morgan fingerprint density at radius 1 is 1.17 bits per heavy atom. The van der Waals surface area contributed by atoms with Crippen molar-refractivity contribution in [1.29, 1.82) is 0 Å². The summed E-state index contributed by atoms with van der Waals surface area (Å²) in [4.78, 5) is 22.1. The van der Waals surface area contributed by atoms with E-state index in [9.17, 15) is 4.79 Å². The molecular formula is C15H17Cl2N5O. The minimum Gasteiger partial charge on any atom is -0.349 e. The lowest BCUT2D eigenvalue weighted by molar-refractivity contribution is 0.0945. The van der Waals surface area contributed by atoms with Crippen molar-refractivity contribution in [2.75, 3.05) is 32.5 Å². The molecule has 0 aliphatic rings. The van der Waals surface area contributed by atoms with E-state index in [1.165, 1.54) is 12.4 Å². The third kappa shape index (κ3) is 5.06. The molecule has 122 valence electrons. The Labute approximate surface area is 144 Å². The molecule has 1 aromatic carbocycles. The molecule has 2 rings (SSSR count). The fourth-order valence-corrected chi connectivity index (χ4v) is 2.23. The number of carbonyl (C=O) groups excluding carboxylic acids is 1. The van der Waals surface area contributed by atoms with Gasteiger partial charge in [0.05, 0.1) is 28.1 Å². The van der Waals surface area contributed by atoms with Crippen molar-refractivity contribution in [3.05, 3.63) is 46.3 Å². The van der Waals surface area contributed by atoms with Crippen molar-refractivity contribution in [3.8, 4) is 0 Å². The number of nitrogens with zero attached hydrogens (tertiary/aromatic N) is 3. The van der Waals surface area contributed by atoms with E-state index in [4.69, 9.17) is 23.2 Å². The predicted molar refractivity (Wildman–Crippen MR) is 92.7 cm³/mol. The van der Waals surface area contributed by atoms with Gasteiger partial charge in [-0.25, -0.2) is 9.97 Å². The van der Waals surface area contributed by atoms with Crippen molar-refractivity contribution < 1.29 is 4.79 Å². The summed E-state index contributed by atoms with van der Waals surface area (Å²) in [6, 6.07) is 5.19. The van der Waals surface area contributed by atoms with Crippen LogP contribution >= 0.6 is 23.2 Å². The Balaban J connectivity index is 2.01. The van der Waals surface area contributed by atoms with Gasteiger partial charge in [-0.15, -0.1) is 0 Å². The molecular weight excluding hydrogens is 337 g/mol. The molecule has 0 fully saturated rings. The highest BCUT2D eigenvalue weighted by Gasteiger charge is 2.10. The quantitative estimate of drug-likeness (QED) is 0.835. The molecule has 0 saturated carbocycles. The molecule has 0 bridgehead atoms. The summed E-state index contributed by atoms with van der Waals surface area (Å²) in [5.74, 6) is 0.187. The number of hydrogen-bond acceptors (Lipinski definition) is 5. The van der Waals surface area contributed by atoms with E-state index < -0.39 is 0 Å². The van der Waals surface area contributed by atoms with Gasteiger partial charge in [0.25, 0.3) is 5.91 Å². The predicted octanol–water partition coefficient (Wildman–Crippen LogP) is 2.82. The molecule has 1 aromatic heterocycles. The largest absolute Gasteiger partial charge is 0.349 e. The molecule has 2 N–H and O–H groups in total. The smallest absolute Gasteiger partial charge is 0.271 e. The second-order valence-electron chi connectivity index (χ2n) is 5.07. The minimum atomic E-state index is -0.262. The van der Waals surface area contributed by atoms with Gasteiger partial charge in [-0.1, -0.05) is 29.3 Å². The van der Waals surface area contributed by atoms with Crippen LogP contribution in [0.1, 0.15) is 10.5 Å². The molecule has 1 amide bonds. The van der Waals surface area contributed by atoms with E-state index in [0.717, 1.165) is 6.54 Å². The Bertz CT molecular complexity index is 656. The van der Waals surface area contributed by atoms with Gasteiger partial charge in [0.15, 0.2) is 0 Å². The number of halogens is 2. The summed E-state index contributed by atoms with van der Waals surface area (Å²) in [6.45, 7) is 1.30. The summed E-state index contributed by atoms with van der Waals surface area (Å²) in [6.07, 6.45) is 2.86. The van der Waals surface area contributed by atoms with E-state index in [0.29, 0.717) is 28.1 Å². The van der Waals surface area contributed by atoms with Gasteiger partial charge in [-0.2, -0.15) is 0 Å². The fourth-order valence-electron chi connectivity index (χ4n) is 1.74. The topological polar surface area (TPSA) is 70.2 Å². The molecule has 0 saturated heterocycles. The number of amides is 1. The summed E-state index contributed by atoms with van der Waals surface area (Å²) in [7, 11) is 3.87. The Morgan fingerprint density at radius 2 is 1.87 bits per heavy atom. The average Bonchev–Trinajstić information content (AvgIpc) is 2.51. The van der Waals surface area contributed by atoms with Gasteiger partial charge >= 0.3 is 0 Å². The summed E-state index contributed by atoms with van der Waals surface area (Å²) in [5.41, 5.74) is 0.799. The molecule has 0 aliphatic heterocycles. The molecule has 1 heterocycles. The van der Waals surface area contributed by atoms with Crippen LogP contribution in [-0.2, 0) is 0 Å². The molecule has 0 radical (unpaired) electrons. The molecule has 6 nitrogen and oxygen atoms in total. The number of nitrogens with one attached hydrogen (secondary N) is 2. The highest BCUT2D eigenvalue weighted by atomic mass is 35.5. The monoisotopic (exact) mass is 353 g/mol. The van der Waals surface area contributed by atoms with E-state index in [1.807, 2.05) is 19.0 Å². The van der Waals surface area contributed by atoms with E-state index >= 15 is 0 Å². The molecule has 2 aromatic rings. The number of anilines is 2. The number of rotatable bonds is 6. The Hall–Kier alpha value is -1.89. The van der Waals surface area contributed by atoms with Crippen LogP contribution in [-0.4, -0.2) is 48.0 Å². The maximum Gasteiger partial charge on any atom is 0.271 e. The van der Waals surface area contributed by atoms with Crippen molar-refractivity contribution in [2.24, 2.45) is 0 Å². The second-order valence-corrected chi connectivity index (χ2v) is 5.88. The van der Waals surface area contributed by atoms with E-state index in [1.54, 1.807) is 18.2 Å². The lowest BCUT2D eigenvalue weighted by Crippen LogP contribution is -2.31. The molecule has 23 heavy (non-hydrogen) atoms. The first kappa shape index (κ1) is 17.5. The first-order valence-electron chi connectivity index (χ1n) is 6.93. The van der Waals surface area contributed by atoms with Gasteiger partial charge in [0.2, 0.25) is 0 Å². The number of aromatic nitrogens is 2. The molecule has 8 heteroatoms. The van der Waals surface area contributed by atoms with Crippen LogP contribution in [0.15, 0.2) is 30.6 Å². The second kappa shape index (κ2) is 8.10. The zero-order chi connectivity index (χ0) is 16.8. The number of para-hydroxylation sites is 1. The zero-order valence-electron chi connectivity index (χ0n) is 12.8. The fraction of sp³-hybridized carbons (Fsp3) is 0.267. The van der Waals surface area contributed by atoms with Crippen LogP contribution in [0.5, 0.6) is 0 Å². The molecule has 0 aliphatic carbocycles. The molecule has 0 spiro atoms. The maximum atomic E-state index is 11.9. The van der Waals surface area contributed by atoms with E-state index in [2.05, 4.69) is 20.6 Å². The molecule has 0 unspecified atom stereocenters. The average molecular weight is 354 g/mol. The number of hydrogen-bond donors (Lipinski definition) is 2. The van der Waals surface area contributed by atoms with Gasteiger partial charge in [0.1, 0.15) is 11.5 Å². The SMILES string of the molecule is CN(C)CCNC(=O)c1cnc(Nc2c(Cl)cccc2Cl)cn1. The third-order valence-electron chi connectivity index (χ3n) is 2.94. The van der Waals surface area contributed by atoms with Crippen LogP contribution in [0.25, 0.3) is 0 Å². The highest BCUT2D eigenvalue weighted by Crippen LogP contribution is 2.31. The van der Waals surface area contributed by atoms with Crippen LogP contribution in [0.2, 0.25) is 10.0 Å². The first-order valence-corrected chi connectivity index (χ1v) is 7.69. The summed E-state index contributed by atoms with van der Waals surface area (Å²) in [5, 5.41) is 6.71. The van der Waals surface area contributed by atoms with Gasteiger partial charge in [-0.05, 0) is 26.2 Å². The number of likely N-dealkylation sites (N-methyl/N-ethyl adjacent to an activating group) is 1. The lowest BCUT2D eigenvalue weighted by Gasteiger charge is -2.11.